The first-order chi connectivity index (χ1) is 7.51. The van der Waals surface area contributed by atoms with Crippen molar-refractivity contribution in [3.8, 4) is 0 Å². The van der Waals surface area contributed by atoms with E-state index in [0.717, 1.165) is 0 Å². The van der Waals surface area contributed by atoms with Crippen LogP contribution >= 0.6 is 23.4 Å². The van der Waals surface area contributed by atoms with E-state index in [1.54, 1.807) is 0 Å². The lowest BCUT2D eigenvalue weighted by Crippen LogP contribution is -2.09. The van der Waals surface area contributed by atoms with Crippen molar-refractivity contribution in [2.24, 2.45) is 0 Å². The van der Waals surface area contributed by atoms with Gasteiger partial charge in [-0.3, -0.25) is 0 Å². The second-order valence-corrected chi connectivity index (χ2v) is 4.20. The number of thioether (sulfide) groups is 1. The molecule has 1 heterocycles. The van der Waals surface area contributed by atoms with E-state index in [2.05, 4.69) is 15.5 Å². The smallest absolute Gasteiger partial charge is 0.408 e. The minimum atomic E-state index is -4.21. The molecular weight excluding hydrogens is 267 g/mol. The molecule has 0 aliphatic carbocycles. The van der Waals surface area contributed by atoms with E-state index in [1.807, 2.05) is 0 Å². The standard InChI is InChI=1S/C7H9ClF3N3OS/c8-2-1-5-13-14-6(15-5)12-3-4-16-7(9,10)11/h1-4H2,(H,12,14). The third-order valence-corrected chi connectivity index (χ3v) is 2.34. The topological polar surface area (TPSA) is 51.0 Å². The van der Waals surface area contributed by atoms with Crippen molar-refractivity contribution < 1.29 is 17.6 Å². The third-order valence-electron chi connectivity index (χ3n) is 1.42. The monoisotopic (exact) mass is 275 g/mol. The first-order valence-electron chi connectivity index (χ1n) is 4.34. The Morgan fingerprint density at radius 3 is 2.75 bits per heavy atom. The molecule has 0 atom stereocenters. The zero-order chi connectivity index (χ0) is 12.0. The second kappa shape index (κ2) is 6.19. The Labute approximate surface area is 98.9 Å². The number of hydrogen-bond donors (Lipinski definition) is 1. The summed E-state index contributed by atoms with van der Waals surface area (Å²) in [5.74, 6) is 0.600. The SMILES string of the molecule is FC(F)(F)SCCNc1nnc(CCCl)o1. The van der Waals surface area contributed by atoms with Crippen molar-refractivity contribution in [3.05, 3.63) is 5.89 Å². The molecule has 0 fully saturated rings. The van der Waals surface area contributed by atoms with Gasteiger partial charge in [-0.2, -0.15) is 13.2 Å². The van der Waals surface area contributed by atoms with Crippen LogP contribution in [-0.2, 0) is 6.42 Å². The fraction of sp³-hybridized carbons (Fsp3) is 0.714. The molecule has 1 aromatic rings. The molecule has 0 spiro atoms. The average Bonchev–Trinajstić information content (AvgIpc) is 2.60. The zero-order valence-electron chi connectivity index (χ0n) is 8.05. The van der Waals surface area contributed by atoms with Gasteiger partial charge < -0.3 is 9.73 Å². The highest BCUT2D eigenvalue weighted by molar-refractivity contribution is 8.00. The fourth-order valence-corrected chi connectivity index (χ4v) is 1.43. The van der Waals surface area contributed by atoms with Gasteiger partial charge in [0.05, 0.1) is 0 Å². The molecule has 0 aliphatic heterocycles. The van der Waals surface area contributed by atoms with Crippen LogP contribution in [0.2, 0.25) is 0 Å². The van der Waals surface area contributed by atoms with Crippen LogP contribution in [0.1, 0.15) is 5.89 Å². The van der Waals surface area contributed by atoms with Crippen LogP contribution in [0.5, 0.6) is 0 Å². The lowest BCUT2D eigenvalue weighted by atomic mass is 10.5. The number of nitrogens with one attached hydrogen (secondary N) is 1. The Morgan fingerprint density at radius 1 is 1.38 bits per heavy atom. The lowest BCUT2D eigenvalue weighted by Gasteiger charge is -2.04. The van der Waals surface area contributed by atoms with Crippen LogP contribution in [0, 0.1) is 0 Å². The minimum absolute atomic E-state index is 0.104. The maximum absolute atomic E-state index is 11.8. The van der Waals surface area contributed by atoms with Crippen LogP contribution in [0.15, 0.2) is 4.42 Å². The van der Waals surface area contributed by atoms with Gasteiger partial charge >= 0.3 is 11.5 Å². The average molecular weight is 276 g/mol. The predicted molar refractivity (Wildman–Crippen MR) is 55.7 cm³/mol. The molecule has 0 aliphatic rings. The third kappa shape index (κ3) is 5.45. The number of anilines is 1. The van der Waals surface area contributed by atoms with E-state index in [-0.39, 0.29) is 30.1 Å². The van der Waals surface area contributed by atoms with E-state index in [9.17, 15) is 13.2 Å². The van der Waals surface area contributed by atoms with E-state index in [0.29, 0.717) is 18.2 Å². The molecule has 0 saturated carbocycles. The lowest BCUT2D eigenvalue weighted by molar-refractivity contribution is -0.0327. The number of nitrogens with zero attached hydrogens (tertiary/aromatic N) is 2. The first-order valence-corrected chi connectivity index (χ1v) is 5.86. The number of aryl methyl sites for hydroxylation is 1. The summed E-state index contributed by atoms with van der Waals surface area (Å²) in [6, 6.07) is 0.114. The van der Waals surface area contributed by atoms with Gasteiger partial charge in [0, 0.05) is 24.6 Å². The number of rotatable bonds is 6. The number of hydrogen-bond acceptors (Lipinski definition) is 5. The molecular formula is C7H9ClF3N3OS. The molecule has 0 unspecified atom stereocenters. The second-order valence-electron chi connectivity index (χ2n) is 2.66. The maximum Gasteiger partial charge on any atom is 0.441 e. The molecule has 16 heavy (non-hydrogen) atoms. The van der Waals surface area contributed by atoms with Crippen molar-refractivity contribution >= 4 is 29.4 Å². The van der Waals surface area contributed by atoms with E-state index in [4.69, 9.17) is 16.0 Å². The van der Waals surface area contributed by atoms with Gasteiger partial charge in [0.2, 0.25) is 5.89 Å². The molecule has 9 heteroatoms. The summed E-state index contributed by atoms with van der Waals surface area (Å²) in [5, 5.41) is 9.82. The maximum atomic E-state index is 11.8. The molecule has 92 valence electrons. The Hall–Kier alpha value is -0.630. The molecule has 0 bridgehead atoms. The van der Waals surface area contributed by atoms with Crippen molar-refractivity contribution in [3.63, 3.8) is 0 Å². The van der Waals surface area contributed by atoms with Crippen LogP contribution < -0.4 is 5.32 Å². The Kier molecular flexibility index (Phi) is 5.20. The molecule has 4 nitrogen and oxygen atoms in total. The number of alkyl halides is 4. The Morgan fingerprint density at radius 2 is 2.12 bits per heavy atom. The van der Waals surface area contributed by atoms with Gasteiger partial charge in [0.1, 0.15) is 0 Å². The van der Waals surface area contributed by atoms with Crippen LogP contribution in [0.4, 0.5) is 19.2 Å². The zero-order valence-corrected chi connectivity index (χ0v) is 9.62. The summed E-state index contributed by atoms with van der Waals surface area (Å²) < 4.78 is 40.3. The van der Waals surface area contributed by atoms with Gasteiger partial charge in [-0.25, -0.2) is 0 Å². The summed E-state index contributed by atoms with van der Waals surface area (Å²) in [6.45, 7) is 0.104. The highest BCUT2D eigenvalue weighted by atomic mass is 35.5. The largest absolute Gasteiger partial charge is 0.441 e. The Bertz CT molecular complexity index is 320. The van der Waals surface area contributed by atoms with Gasteiger partial charge in [0.25, 0.3) is 0 Å². The first kappa shape index (κ1) is 13.4. The van der Waals surface area contributed by atoms with E-state index >= 15 is 0 Å². The van der Waals surface area contributed by atoms with Crippen LogP contribution in [0.3, 0.4) is 0 Å². The van der Waals surface area contributed by atoms with Crippen molar-refractivity contribution in [1.29, 1.82) is 0 Å². The van der Waals surface area contributed by atoms with Crippen molar-refractivity contribution in [1.82, 2.24) is 10.2 Å². The molecule has 0 amide bonds. The molecule has 0 aromatic carbocycles. The summed E-state index contributed by atoms with van der Waals surface area (Å²) in [5.41, 5.74) is -4.21. The van der Waals surface area contributed by atoms with Crippen molar-refractivity contribution in [2.75, 3.05) is 23.5 Å². The minimum Gasteiger partial charge on any atom is -0.408 e. The van der Waals surface area contributed by atoms with E-state index < -0.39 is 5.51 Å². The molecule has 1 rings (SSSR count). The van der Waals surface area contributed by atoms with Crippen molar-refractivity contribution in [2.45, 2.75) is 11.9 Å². The van der Waals surface area contributed by atoms with Gasteiger partial charge in [-0.05, 0) is 11.8 Å². The number of halogens is 4. The molecule has 0 radical (unpaired) electrons. The van der Waals surface area contributed by atoms with E-state index in [1.165, 1.54) is 0 Å². The summed E-state index contributed by atoms with van der Waals surface area (Å²) in [7, 11) is 0. The normalized spacial score (nSPS) is 11.8. The van der Waals surface area contributed by atoms with Crippen LogP contribution in [0.25, 0.3) is 0 Å². The van der Waals surface area contributed by atoms with Crippen LogP contribution in [-0.4, -0.2) is 33.9 Å². The summed E-state index contributed by atoms with van der Waals surface area (Å²) in [6.07, 6.45) is 0.438. The van der Waals surface area contributed by atoms with Gasteiger partial charge in [-0.1, -0.05) is 5.10 Å². The molecule has 0 saturated heterocycles. The highest BCUT2D eigenvalue weighted by Crippen LogP contribution is 2.29. The molecule has 1 N–H and O–H groups in total. The summed E-state index contributed by atoms with van der Waals surface area (Å²) >= 11 is 5.34. The van der Waals surface area contributed by atoms with Gasteiger partial charge in [0.15, 0.2) is 0 Å². The predicted octanol–water partition coefficient (Wildman–Crippen LogP) is 2.52. The number of aromatic nitrogens is 2. The Balaban J connectivity index is 2.21. The quantitative estimate of drug-likeness (QED) is 0.639. The fourth-order valence-electron chi connectivity index (χ4n) is 0.832. The summed E-state index contributed by atoms with van der Waals surface area (Å²) in [4.78, 5) is 0. The van der Waals surface area contributed by atoms with Gasteiger partial charge in [-0.15, -0.1) is 16.7 Å². The molecule has 1 aromatic heterocycles. The highest BCUT2D eigenvalue weighted by Gasteiger charge is 2.27.